The molecule has 0 atom stereocenters. The van der Waals surface area contributed by atoms with Gasteiger partial charge in [0.1, 0.15) is 23.0 Å². The molecule has 7 heteroatoms. The van der Waals surface area contributed by atoms with Gasteiger partial charge in [0, 0.05) is 30.3 Å². The van der Waals surface area contributed by atoms with Gasteiger partial charge in [-0.1, -0.05) is 30.3 Å². The summed E-state index contributed by atoms with van der Waals surface area (Å²) in [7, 11) is 3.18. The first-order valence-corrected chi connectivity index (χ1v) is 13.1. The highest BCUT2D eigenvalue weighted by Crippen LogP contribution is 2.49. The fraction of sp³-hybridized carbons (Fsp3) is 0.355. The van der Waals surface area contributed by atoms with Crippen LogP contribution in [0.4, 0.5) is 0 Å². The molecule has 1 spiro atoms. The van der Waals surface area contributed by atoms with Gasteiger partial charge in [-0.2, -0.15) is 0 Å². The van der Waals surface area contributed by atoms with Crippen molar-refractivity contribution in [3.05, 3.63) is 83.4 Å². The first-order valence-electron chi connectivity index (χ1n) is 13.1. The van der Waals surface area contributed by atoms with Crippen LogP contribution in [0.2, 0.25) is 0 Å². The van der Waals surface area contributed by atoms with Crippen LogP contribution in [0.5, 0.6) is 23.0 Å². The Hall–Kier alpha value is -4.00. The molecule has 2 amide bonds. The van der Waals surface area contributed by atoms with Crippen molar-refractivity contribution in [2.24, 2.45) is 5.41 Å². The Morgan fingerprint density at radius 1 is 0.868 bits per heavy atom. The molecule has 3 aromatic rings. The van der Waals surface area contributed by atoms with Gasteiger partial charge in [-0.15, -0.1) is 0 Å². The van der Waals surface area contributed by atoms with Crippen LogP contribution in [0.1, 0.15) is 52.0 Å². The SMILES string of the molecule is COc1cc(C(=O)NC2CC3(CCN(C(=O)c4ccccc4Oc4ccccc4)CC3)C2)cc(OC)c1C. The molecule has 0 radical (unpaired) electrons. The Labute approximate surface area is 223 Å². The molecule has 1 N–H and O–H groups in total. The van der Waals surface area contributed by atoms with Gasteiger partial charge in [0.25, 0.3) is 11.8 Å². The van der Waals surface area contributed by atoms with Gasteiger partial charge in [-0.3, -0.25) is 9.59 Å². The average Bonchev–Trinajstić information content (AvgIpc) is 2.93. The van der Waals surface area contributed by atoms with Crippen LogP contribution in [-0.2, 0) is 0 Å². The maximum atomic E-state index is 13.4. The number of piperidine rings is 1. The zero-order chi connectivity index (χ0) is 26.7. The van der Waals surface area contributed by atoms with E-state index in [4.69, 9.17) is 14.2 Å². The molecule has 0 aromatic heterocycles. The molecule has 2 aliphatic rings. The summed E-state index contributed by atoms with van der Waals surface area (Å²) in [5, 5.41) is 3.17. The fourth-order valence-electron chi connectivity index (χ4n) is 5.68. The number of hydrogen-bond donors (Lipinski definition) is 1. The van der Waals surface area contributed by atoms with Gasteiger partial charge in [-0.25, -0.2) is 0 Å². The van der Waals surface area contributed by atoms with Gasteiger partial charge >= 0.3 is 0 Å². The molecule has 5 rings (SSSR count). The van der Waals surface area contributed by atoms with Crippen LogP contribution in [0.3, 0.4) is 0 Å². The largest absolute Gasteiger partial charge is 0.496 e. The molecule has 1 saturated carbocycles. The molecule has 1 saturated heterocycles. The Kier molecular flexibility index (Phi) is 7.27. The average molecular weight is 515 g/mol. The lowest BCUT2D eigenvalue weighted by Gasteiger charge is -2.52. The first-order chi connectivity index (χ1) is 18.4. The van der Waals surface area contributed by atoms with E-state index >= 15 is 0 Å². The van der Waals surface area contributed by atoms with Crippen LogP contribution < -0.4 is 19.5 Å². The van der Waals surface area contributed by atoms with Crippen molar-refractivity contribution in [2.75, 3.05) is 27.3 Å². The van der Waals surface area contributed by atoms with Crippen molar-refractivity contribution < 1.29 is 23.8 Å². The molecule has 7 nitrogen and oxygen atoms in total. The number of likely N-dealkylation sites (tertiary alicyclic amines) is 1. The van der Waals surface area contributed by atoms with Crippen LogP contribution in [-0.4, -0.2) is 50.1 Å². The summed E-state index contributed by atoms with van der Waals surface area (Å²) < 4.78 is 16.8. The van der Waals surface area contributed by atoms with E-state index in [1.807, 2.05) is 66.4 Å². The van der Waals surface area contributed by atoms with Gasteiger partial charge in [0.05, 0.1) is 19.8 Å². The van der Waals surface area contributed by atoms with Crippen LogP contribution in [0.25, 0.3) is 0 Å². The Bertz CT molecular complexity index is 1280. The number of rotatable bonds is 7. The molecule has 1 heterocycles. The minimum Gasteiger partial charge on any atom is -0.496 e. The number of benzene rings is 3. The topological polar surface area (TPSA) is 77.1 Å². The number of carbonyl (C=O) groups excluding carboxylic acids is 2. The number of nitrogens with one attached hydrogen (secondary N) is 1. The molecule has 0 bridgehead atoms. The zero-order valence-electron chi connectivity index (χ0n) is 22.2. The third-order valence-corrected chi connectivity index (χ3v) is 7.91. The van der Waals surface area contributed by atoms with E-state index in [1.165, 1.54) is 0 Å². The predicted molar refractivity (Wildman–Crippen MR) is 145 cm³/mol. The molecular weight excluding hydrogens is 480 g/mol. The summed E-state index contributed by atoms with van der Waals surface area (Å²) in [5.41, 5.74) is 2.15. The second-order valence-corrected chi connectivity index (χ2v) is 10.3. The van der Waals surface area contributed by atoms with Gasteiger partial charge in [0.15, 0.2) is 0 Å². The van der Waals surface area contributed by atoms with Crippen molar-refractivity contribution in [1.29, 1.82) is 0 Å². The molecule has 2 fully saturated rings. The number of carbonyl (C=O) groups is 2. The molecular formula is C31H34N2O5. The Morgan fingerprint density at radius 2 is 1.47 bits per heavy atom. The third kappa shape index (κ3) is 5.19. The van der Waals surface area contributed by atoms with Crippen molar-refractivity contribution in [1.82, 2.24) is 10.2 Å². The van der Waals surface area contributed by atoms with Crippen molar-refractivity contribution in [3.8, 4) is 23.0 Å². The second kappa shape index (κ2) is 10.8. The van der Waals surface area contributed by atoms with E-state index < -0.39 is 0 Å². The Morgan fingerprint density at radius 3 is 2.11 bits per heavy atom. The van der Waals surface area contributed by atoms with Gasteiger partial charge in [0.2, 0.25) is 0 Å². The quantitative estimate of drug-likeness (QED) is 0.443. The highest BCUT2D eigenvalue weighted by molar-refractivity contribution is 5.97. The number of para-hydroxylation sites is 2. The molecule has 38 heavy (non-hydrogen) atoms. The highest BCUT2D eigenvalue weighted by atomic mass is 16.5. The minimum atomic E-state index is -0.121. The van der Waals surface area contributed by atoms with Gasteiger partial charge in [-0.05, 0) is 74.4 Å². The number of methoxy groups -OCH3 is 2. The van der Waals surface area contributed by atoms with Crippen LogP contribution in [0.15, 0.2) is 66.7 Å². The normalized spacial score (nSPS) is 16.4. The molecule has 0 unspecified atom stereocenters. The summed E-state index contributed by atoms with van der Waals surface area (Å²) in [6.07, 6.45) is 3.71. The Balaban J connectivity index is 1.16. The van der Waals surface area contributed by atoms with E-state index in [-0.39, 0.29) is 23.3 Å². The molecule has 3 aromatic carbocycles. The van der Waals surface area contributed by atoms with Crippen LogP contribution >= 0.6 is 0 Å². The van der Waals surface area contributed by atoms with Crippen molar-refractivity contribution in [3.63, 3.8) is 0 Å². The van der Waals surface area contributed by atoms with E-state index in [2.05, 4.69) is 5.32 Å². The van der Waals surface area contributed by atoms with Crippen molar-refractivity contribution in [2.45, 2.75) is 38.6 Å². The summed E-state index contributed by atoms with van der Waals surface area (Å²) >= 11 is 0. The maximum absolute atomic E-state index is 13.4. The summed E-state index contributed by atoms with van der Waals surface area (Å²) in [5.74, 6) is 2.41. The minimum absolute atomic E-state index is 0.00202. The highest BCUT2D eigenvalue weighted by Gasteiger charge is 2.47. The van der Waals surface area contributed by atoms with E-state index in [0.29, 0.717) is 47.2 Å². The lowest BCUT2D eigenvalue weighted by atomic mass is 9.60. The standard InChI is InChI=1S/C31H34N2O5/c1-21-27(36-2)17-22(18-28(21)37-3)29(34)32-23-19-31(20-23)13-15-33(16-14-31)30(35)25-11-7-8-12-26(25)38-24-9-5-4-6-10-24/h4-12,17-18,23H,13-16,19-20H2,1-3H3,(H,32,34). The number of amides is 2. The van der Waals surface area contributed by atoms with E-state index in [1.54, 1.807) is 26.4 Å². The third-order valence-electron chi connectivity index (χ3n) is 7.91. The molecule has 1 aliphatic carbocycles. The monoisotopic (exact) mass is 514 g/mol. The zero-order valence-corrected chi connectivity index (χ0v) is 22.2. The van der Waals surface area contributed by atoms with E-state index in [0.717, 1.165) is 31.2 Å². The number of nitrogens with zero attached hydrogens (tertiary/aromatic N) is 1. The summed E-state index contributed by atoms with van der Waals surface area (Å²) in [6.45, 7) is 3.30. The lowest BCUT2D eigenvalue weighted by molar-refractivity contribution is 0.00856. The smallest absolute Gasteiger partial charge is 0.257 e. The summed E-state index contributed by atoms with van der Waals surface area (Å²) in [4.78, 5) is 28.3. The van der Waals surface area contributed by atoms with Crippen LogP contribution in [0, 0.1) is 12.3 Å². The molecule has 198 valence electrons. The fourth-order valence-corrected chi connectivity index (χ4v) is 5.68. The second-order valence-electron chi connectivity index (χ2n) is 10.3. The molecule has 1 aliphatic heterocycles. The summed E-state index contributed by atoms with van der Waals surface area (Å²) in [6, 6.07) is 20.6. The van der Waals surface area contributed by atoms with Crippen molar-refractivity contribution >= 4 is 11.8 Å². The predicted octanol–water partition coefficient (Wildman–Crippen LogP) is 5.62. The van der Waals surface area contributed by atoms with Gasteiger partial charge < -0.3 is 24.4 Å². The lowest BCUT2D eigenvalue weighted by Crippen LogP contribution is -2.55. The number of hydrogen-bond acceptors (Lipinski definition) is 5. The first kappa shape index (κ1) is 25.6. The maximum Gasteiger partial charge on any atom is 0.257 e. The van der Waals surface area contributed by atoms with E-state index in [9.17, 15) is 9.59 Å². The number of ether oxygens (including phenoxy) is 3.